The van der Waals surface area contributed by atoms with E-state index in [0.29, 0.717) is 24.0 Å². The zero-order valence-electron chi connectivity index (χ0n) is 10.2. The summed E-state index contributed by atoms with van der Waals surface area (Å²) in [5.41, 5.74) is 2.73. The summed E-state index contributed by atoms with van der Waals surface area (Å²) in [4.78, 5) is 2.39. The molecule has 2 rings (SSSR count). The topological polar surface area (TPSA) is 15.3 Å². The molecule has 0 aromatic heterocycles. The number of rotatable bonds is 0. The van der Waals surface area contributed by atoms with Gasteiger partial charge in [0.25, 0.3) is 0 Å². The van der Waals surface area contributed by atoms with E-state index in [1.807, 2.05) is 0 Å². The summed E-state index contributed by atoms with van der Waals surface area (Å²) in [6, 6.07) is 1.63. The molecule has 2 aliphatic heterocycles. The highest BCUT2D eigenvalue weighted by atomic mass is 15.2. The van der Waals surface area contributed by atoms with E-state index >= 15 is 0 Å². The minimum atomic E-state index is 0.514. The first-order chi connectivity index (χ1) is 7.00. The Kier molecular flexibility index (Phi) is 2.63. The fraction of sp³-hybridized carbons (Fsp3) is 0.692. The van der Waals surface area contributed by atoms with Crippen molar-refractivity contribution in [2.75, 3.05) is 0 Å². The van der Waals surface area contributed by atoms with Gasteiger partial charge in [0.2, 0.25) is 0 Å². The van der Waals surface area contributed by atoms with E-state index in [1.54, 1.807) is 0 Å². The molecule has 15 heavy (non-hydrogen) atoms. The first-order valence-electron chi connectivity index (χ1n) is 5.91. The fourth-order valence-electron chi connectivity index (χ4n) is 2.72. The van der Waals surface area contributed by atoms with Crippen molar-refractivity contribution < 1.29 is 0 Å². The molecule has 0 aromatic rings. The SMILES string of the molecule is C=C1C(C)C(C)NC(C)C2CC(C)=CN12. The number of hydrogen-bond acceptors (Lipinski definition) is 2. The van der Waals surface area contributed by atoms with Crippen LogP contribution in [0.5, 0.6) is 0 Å². The summed E-state index contributed by atoms with van der Waals surface area (Å²) in [5.74, 6) is 0.514. The molecule has 0 aliphatic carbocycles. The lowest BCUT2D eigenvalue weighted by atomic mass is 10.0. The number of fused-ring (bicyclic) bond motifs is 1. The van der Waals surface area contributed by atoms with Gasteiger partial charge in [-0.1, -0.05) is 19.1 Å². The van der Waals surface area contributed by atoms with Crippen LogP contribution >= 0.6 is 0 Å². The highest BCUT2D eigenvalue weighted by Crippen LogP contribution is 2.33. The van der Waals surface area contributed by atoms with E-state index in [1.165, 1.54) is 17.7 Å². The molecular formula is C13H22N2. The van der Waals surface area contributed by atoms with Gasteiger partial charge in [0.05, 0.1) is 6.04 Å². The normalized spacial score (nSPS) is 41.2. The summed E-state index contributed by atoms with van der Waals surface area (Å²) in [6.07, 6.45) is 3.45. The average molecular weight is 206 g/mol. The van der Waals surface area contributed by atoms with Gasteiger partial charge in [-0.25, -0.2) is 0 Å². The van der Waals surface area contributed by atoms with Crippen molar-refractivity contribution in [1.82, 2.24) is 10.2 Å². The molecule has 0 bridgehead atoms. The Labute approximate surface area is 93.0 Å². The Hall–Kier alpha value is -0.760. The molecule has 4 atom stereocenters. The minimum absolute atomic E-state index is 0.514. The zero-order valence-corrected chi connectivity index (χ0v) is 10.2. The van der Waals surface area contributed by atoms with Crippen LogP contribution in [0.1, 0.15) is 34.1 Å². The molecule has 84 valence electrons. The van der Waals surface area contributed by atoms with Crippen LogP contribution in [0.2, 0.25) is 0 Å². The predicted molar refractivity (Wildman–Crippen MR) is 64.4 cm³/mol. The summed E-state index contributed by atoms with van der Waals surface area (Å²) in [7, 11) is 0. The highest BCUT2D eigenvalue weighted by Gasteiger charge is 2.36. The molecule has 2 heterocycles. The molecule has 1 N–H and O–H groups in total. The van der Waals surface area contributed by atoms with Crippen molar-refractivity contribution in [3.63, 3.8) is 0 Å². The highest BCUT2D eigenvalue weighted by molar-refractivity contribution is 5.21. The molecule has 0 spiro atoms. The molecule has 4 unspecified atom stereocenters. The van der Waals surface area contributed by atoms with Crippen molar-refractivity contribution in [3.8, 4) is 0 Å². The molecule has 0 saturated carbocycles. The second-order valence-electron chi connectivity index (χ2n) is 5.18. The van der Waals surface area contributed by atoms with Crippen LogP contribution in [0.25, 0.3) is 0 Å². The molecule has 2 aliphatic rings. The maximum absolute atomic E-state index is 4.26. The van der Waals surface area contributed by atoms with E-state index in [-0.39, 0.29) is 0 Å². The van der Waals surface area contributed by atoms with Gasteiger partial charge in [0.15, 0.2) is 0 Å². The van der Waals surface area contributed by atoms with Crippen LogP contribution in [0.3, 0.4) is 0 Å². The first-order valence-corrected chi connectivity index (χ1v) is 5.91. The Bertz CT molecular complexity index is 306. The zero-order chi connectivity index (χ0) is 11.2. The monoisotopic (exact) mass is 206 g/mol. The molecule has 0 aromatic carbocycles. The number of hydrogen-bond donors (Lipinski definition) is 1. The molecule has 0 radical (unpaired) electrons. The van der Waals surface area contributed by atoms with E-state index < -0.39 is 0 Å². The lowest BCUT2D eigenvalue weighted by Crippen LogP contribution is -2.43. The van der Waals surface area contributed by atoms with Crippen LogP contribution in [-0.2, 0) is 0 Å². The van der Waals surface area contributed by atoms with Gasteiger partial charge in [-0.05, 0) is 27.2 Å². The maximum Gasteiger partial charge on any atom is 0.0521 e. The molecule has 1 fully saturated rings. The van der Waals surface area contributed by atoms with Crippen LogP contribution < -0.4 is 5.32 Å². The second-order valence-corrected chi connectivity index (χ2v) is 5.18. The van der Waals surface area contributed by atoms with Crippen LogP contribution in [0, 0.1) is 5.92 Å². The van der Waals surface area contributed by atoms with Crippen molar-refractivity contribution in [1.29, 1.82) is 0 Å². The van der Waals surface area contributed by atoms with Gasteiger partial charge in [-0.3, -0.25) is 0 Å². The maximum atomic E-state index is 4.26. The molecule has 1 saturated heterocycles. The lowest BCUT2D eigenvalue weighted by molar-refractivity contribution is 0.310. The first kappa shape index (κ1) is 10.7. The smallest absolute Gasteiger partial charge is 0.0521 e. The quantitative estimate of drug-likeness (QED) is 0.655. The summed E-state index contributed by atoms with van der Waals surface area (Å²) < 4.78 is 0. The Morgan fingerprint density at radius 2 is 2.00 bits per heavy atom. The third-order valence-electron chi connectivity index (χ3n) is 3.96. The minimum Gasteiger partial charge on any atom is -0.347 e. The Morgan fingerprint density at radius 3 is 2.67 bits per heavy atom. The van der Waals surface area contributed by atoms with Crippen LogP contribution in [-0.4, -0.2) is 23.0 Å². The van der Waals surface area contributed by atoms with Crippen LogP contribution in [0.15, 0.2) is 24.0 Å². The Morgan fingerprint density at radius 1 is 1.33 bits per heavy atom. The van der Waals surface area contributed by atoms with Gasteiger partial charge >= 0.3 is 0 Å². The van der Waals surface area contributed by atoms with Gasteiger partial charge in [0, 0.05) is 29.9 Å². The lowest BCUT2D eigenvalue weighted by Gasteiger charge is -2.29. The van der Waals surface area contributed by atoms with Gasteiger partial charge in [0.1, 0.15) is 0 Å². The van der Waals surface area contributed by atoms with Crippen LogP contribution in [0.4, 0.5) is 0 Å². The summed E-state index contributed by atoms with van der Waals surface area (Å²) >= 11 is 0. The van der Waals surface area contributed by atoms with Crippen molar-refractivity contribution in [3.05, 3.63) is 24.0 Å². The van der Waals surface area contributed by atoms with E-state index in [4.69, 9.17) is 0 Å². The largest absolute Gasteiger partial charge is 0.347 e. The van der Waals surface area contributed by atoms with Gasteiger partial charge < -0.3 is 10.2 Å². The van der Waals surface area contributed by atoms with E-state index in [0.717, 1.165) is 0 Å². The van der Waals surface area contributed by atoms with Gasteiger partial charge in [-0.15, -0.1) is 0 Å². The van der Waals surface area contributed by atoms with Gasteiger partial charge in [-0.2, -0.15) is 0 Å². The Balaban J connectivity index is 2.29. The predicted octanol–water partition coefficient (Wildman–Crippen LogP) is 2.49. The third kappa shape index (κ3) is 1.71. The second kappa shape index (κ2) is 3.67. The number of nitrogens with zero attached hydrogens (tertiary/aromatic N) is 1. The van der Waals surface area contributed by atoms with E-state index in [9.17, 15) is 0 Å². The molecule has 0 amide bonds. The summed E-state index contributed by atoms with van der Waals surface area (Å²) in [5, 5.41) is 3.68. The third-order valence-corrected chi connectivity index (χ3v) is 3.96. The molecular weight excluding hydrogens is 184 g/mol. The summed E-state index contributed by atoms with van der Waals surface area (Å²) in [6.45, 7) is 13.3. The van der Waals surface area contributed by atoms with E-state index in [2.05, 4.69) is 50.7 Å². The fourth-order valence-corrected chi connectivity index (χ4v) is 2.72. The standard InChI is InChI=1S/C13H22N2/c1-8-6-13-11(4)14-10(3)9(2)12(5)15(13)7-8/h7,9-11,13-14H,5-6H2,1-4H3. The van der Waals surface area contributed by atoms with Crippen molar-refractivity contribution in [2.45, 2.75) is 52.2 Å². The van der Waals surface area contributed by atoms with Crippen molar-refractivity contribution in [2.24, 2.45) is 5.92 Å². The molecule has 2 nitrogen and oxygen atoms in total. The molecule has 2 heteroatoms. The number of nitrogens with one attached hydrogen (secondary N) is 1. The van der Waals surface area contributed by atoms with Crippen molar-refractivity contribution >= 4 is 0 Å². The average Bonchev–Trinajstić information content (AvgIpc) is 2.54.